The normalized spacial score (nSPS) is 13.5. The SMILES string of the molecule is CCNC(=NCc1ccc2c(c1)OCCCO2)N(C)Cc1cccn1C.I. The van der Waals surface area contributed by atoms with Crippen molar-refractivity contribution in [1.29, 1.82) is 0 Å². The van der Waals surface area contributed by atoms with Crippen LogP contribution in [-0.2, 0) is 20.1 Å². The Bertz CT molecular complexity index is 760. The van der Waals surface area contributed by atoms with Gasteiger partial charge >= 0.3 is 0 Å². The Labute approximate surface area is 178 Å². The van der Waals surface area contributed by atoms with Crippen molar-refractivity contribution in [1.82, 2.24) is 14.8 Å². The highest BCUT2D eigenvalue weighted by Gasteiger charge is 2.12. The summed E-state index contributed by atoms with van der Waals surface area (Å²) in [5.74, 6) is 2.53. The van der Waals surface area contributed by atoms with Crippen molar-refractivity contribution >= 4 is 29.9 Å². The molecule has 3 rings (SSSR count). The first-order chi connectivity index (χ1) is 12.7. The first-order valence-corrected chi connectivity index (χ1v) is 9.15. The molecule has 1 N–H and O–H groups in total. The number of nitrogens with zero attached hydrogens (tertiary/aromatic N) is 3. The highest BCUT2D eigenvalue weighted by atomic mass is 127. The average Bonchev–Trinajstić information content (AvgIpc) is 2.90. The van der Waals surface area contributed by atoms with E-state index < -0.39 is 0 Å². The number of rotatable bonds is 5. The van der Waals surface area contributed by atoms with Crippen molar-refractivity contribution in [3.05, 3.63) is 47.8 Å². The fraction of sp³-hybridized carbons (Fsp3) is 0.450. The highest BCUT2D eigenvalue weighted by Crippen LogP contribution is 2.30. The maximum Gasteiger partial charge on any atom is 0.194 e. The van der Waals surface area contributed by atoms with Gasteiger partial charge in [-0.3, -0.25) is 0 Å². The van der Waals surface area contributed by atoms with Gasteiger partial charge in [-0.1, -0.05) is 6.07 Å². The lowest BCUT2D eigenvalue weighted by Gasteiger charge is -2.22. The minimum atomic E-state index is 0. The van der Waals surface area contributed by atoms with E-state index in [1.165, 1.54) is 5.69 Å². The largest absolute Gasteiger partial charge is 0.490 e. The maximum atomic E-state index is 5.77. The van der Waals surface area contributed by atoms with Crippen molar-refractivity contribution in [2.75, 3.05) is 26.8 Å². The lowest BCUT2D eigenvalue weighted by Crippen LogP contribution is -2.38. The predicted octanol–water partition coefficient (Wildman–Crippen LogP) is 3.40. The predicted molar refractivity (Wildman–Crippen MR) is 119 cm³/mol. The molecule has 0 bridgehead atoms. The molecule has 2 aromatic rings. The molecule has 0 radical (unpaired) electrons. The molecule has 0 spiro atoms. The lowest BCUT2D eigenvalue weighted by atomic mass is 10.2. The highest BCUT2D eigenvalue weighted by molar-refractivity contribution is 14.0. The molecule has 7 heteroatoms. The van der Waals surface area contributed by atoms with Crippen molar-refractivity contribution in [3.63, 3.8) is 0 Å². The van der Waals surface area contributed by atoms with Crippen LogP contribution in [0.4, 0.5) is 0 Å². The van der Waals surface area contributed by atoms with E-state index in [-0.39, 0.29) is 24.0 Å². The maximum absolute atomic E-state index is 5.77. The van der Waals surface area contributed by atoms with E-state index in [1.807, 2.05) is 12.1 Å². The van der Waals surface area contributed by atoms with Crippen LogP contribution in [0.1, 0.15) is 24.6 Å². The van der Waals surface area contributed by atoms with Crippen LogP contribution in [0.2, 0.25) is 0 Å². The summed E-state index contributed by atoms with van der Waals surface area (Å²) in [6, 6.07) is 10.3. The first-order valence-electron chi connectivity index (χ1n) is 9.15. The van der Waals surface area contributed by atoms with Crippen LogP contribution in [0.5, 0.6) is 11.5 Å². The van der Waals surface area contributed by atoms with Crippen molar-refractivity contribution < 1.29 is 9.47 Å². The Hall–Kier alpha value is -1.90. The van der Waals surface area contributed by atoms with Gasteiger partial charge in [0, 0.05) is 39.0 Å². The van der Waals surface area contributed by atoms with Crippen molar-refractivity contribution in [3.8, 4) is 11.5 Å². The van der Waals surface area contributed by atoms with Gasteiger partial charge < -0.3 is 24.3 Å². The minimum Gasteiger partial charge on any atom is -0.490 e. The summed E-state index contributed by atoms with van der Waals surface area (Å²) in [6.45, 7) is 5.71. The van der Waals surface area contributed by atoms with Crippen LogP contribution < -0.4 is 14.8 Å². The average molecular weight is 484 g/mol. The summed E-state index contributed by atoms with van der Waals surface area (Å²) in [5.41, 5.74) is 2.35. The van der Waals surface area contributed by atoms with Gasteiger partial charge in [-0.2, -0.15) is 0 Å². The van der Waals surface area contributed by atoms with Gasteiger partial charge in [0.15, 0.2) is 17.5 Å². The number of hydrogen-bond donors (Lipinski definition) is 1. The molecule has 0 saturated carbocycles. The topological polar surface area (TPSA) is 51.0 Å². The molecular weight excluding hydrogens is 455 g/mol. The summed E-state index contributed by atoms with van der Waals surface area (Å²) in [5, 5.41) is 3.37. The monoisotopic (exact) mass is 484 g/mol. The molecule has 0 saturated heterocycles. The molecule has 0 fully saturated rings. The smallest absolute Gasteiger partial charge is 0.194 e. The van der Waals surface area contributed by atoms with Gasteiger partial charge in [-0.15, -0.1) is 24.0 Å². The molecular formula is C20H29IN4O2. The summed E-state index contributed by atoms with van der Waals surface area (Å²) < 4.78 is 13.6. The van der Waals surface area contributed by atoms with Crippen LogP contribution in [0.25, 0.3) is 0 Å². The van der Waals surface area contributed by atoms with E-state index in [0.717, 1.165) is 42.5 Å². The standard InChI is InChI=1S/C20H28N4O2.HI/c1-4-21-20(24(3)15-17-7-5-10-23(17)2)22-14-16-8-9-18-19(13-16)26-12-6-11-25-18;/h5,7-10,13H,4,6,11-12,14-15H2,1-3H3,(H,21,22);1H. The molecule has 148 valence electrons. The van der Waals surface area contributed by atoms with E-state index in [2.05, 4.69) is 60.2 Å². The Balaban J connectivity index is 0.00000261. The van der Waals surface area contributed by atoms with Gasteiger partial charge in [-0.25, -0.2) is 4.99 Å². The third-order valence-corrected chi connectivity index (χ3v) is 4.37. The fourth-order valence-electron chi connectivity index (χ4n) is 2.92. The second-order valence-electron chi connectivity index (χ2n) is 6.47. The van der Waals surface area contributed by atoms with Crippen LogP contribution in [-0.4, -0.2) is 42.2 Å². The molecule has 0 atom stereocenters. The molecule has 6 nitrogen and oxygen atoms in total. The molecule has 1 aliphatic rings. The number of aryl methyl sites for hydroxylation is 1. The van der Waals surface area contributed by atoms with E-state index in [9.17, 15) is 0 Å². The number of nitrogens with one attached hydrogen (secondary N) is 1. The second kappa shape index (κ2) is 10.4. The zero-order chi connectivity index (χ0) is 18.4. The Morgan fingerprint density at radius 2 is 2.00 bits per heavy atom. The number of aromatic nitrogens is 1. The number of fused-ring (bicyclic) bond motifs is 1. The van der Waals surface area contributed by atoms with Gasteiger partial charge in [0.05, 0.1) is 26.3 Å². The molecule has 1 aliphatic heterocycles. The van der Waals surface area contributed by atoms with Crippen LogP contribution in [0.15, 0.2) is 41.5 Å². The van der Waals surface area contributed by atoms with Crippen molar-refractivity contribution in [2.24, 2.45) is 12.0 Å². The Morgan fingerprint density at radius 1 is 1.22 bits per heavy atom. The third-order valence-electron chi connectivity index (χ3n) is 4.37. The third kappa shape index (κ3) is 5.79. The molecule has 0 unspecified atom stereocenters. The van der Waals surface area contributed by atoms with Crippen LogP contribution >= 0.6 is 24.0 Å². The van der Waals surface area contributed by atoms with Crippen LogP contribution in [0.3, 0.4) is 0 Å². The van der Waals surface area contributed by atoms with Gasteiger partial charge in [0.2, 0.25) is 0 Å². The number of ether oxygens (including phenoxy) is 2. The fourth-order valence-corrected chi connectivity index (χ4v) is 2.92. The Morgan fingerprint density at radius 3 is 2.70 bits per heavy atom. The van der Waals surface area contributed by atoms with Gasteiger partial charge in [0.1, 0.15) is 0 Å². The van der Waals surface area contributed by atoms with Gasteiger partial charge in [-0.05, 0) is 36.8 Å². The molecule has 27 heavy (non-hydrogen) atoms. The van der Waals surface area contributed by atoms with E-state index in [1.54, 1.807) is 0 Å². The second-order valence-corrected chi connectivity index (χ2v) is 6.47. The van der Waals surface area contributed by atoms with E-state index in [4.69, 9.17) is 14.5 Å². The number of benzene rings is 1. The molecule has 0 amide bonds. The minimum absolute atomic E-state index is 0. The number of halogens is 1. The number of aliphatic imine (C=N–C) groups is 1. The molecule has 1 aromatic heterocycles. The first kappa shape index (κ1) is 21.4. The zero-order valence-electron chi connectivity index (χ0n) is 16.3. The number of guanidine groups is 1. The van der Waals surface area contributed by atoms with Crippen LogP contribution in [0, 0.1) is 0 Å². The summed E-state index contributed by atoms with van der Waals surface area (Å²) in [6.07, 6.45) is 2.97. The molecule has 0 aliphatic carbocycles. The lowest BCUT2D eigenvalue weighted by molar-refractivity contribution is 0.297. The summed E-state index contributed by atoms with van der Waals surface area (Å²) in [4.78, 5) is 6.93. The molecule has 1 aromatic carbocycles. The summed E-state index contributed by atoms with van der Waals surface area (Å²) >= 11 is 0. The summed E-state index contributed by atoms with van der Waals surface area (Å²) in [7, 11) is 4.12. The molecule has 2 heterocycles. The van der Waals surface area contributed by atoms with Crippen molar-refractivity contribution in [2.45, 2.75) is 26.4 Å². The van der Waals surface area contributed by atoms with E-state index >= 15 is 0 Å². The van der Waals surface area contributed by atoms with Gasteiger partial charge in [0.25, 0.3) is 0 Å². The zero-order valence-corrected chi connectivity index (χ0v) is 18.6. The Kier molecular flexibility index (Phi) is 8.27. The quantitative estimate of drug-likeness (QED) is 0.402. The number of hydrogen-bond acceptors (Lipinski definition) is 3. The van der Waals surface area contributed by atoms with E-state index in [0.29, 0.717) is 19.8 Å².